The quantitative estimate of drug-likeness (QED) is 0.526. The second kappa shape index (κ2) is 4.73. The van der Waals surface area contributed by atoms with Gasteiger partial charge in [0.15, 0.2) is 0 Å². The molecule has 0 heterocycles. The Morgan fingerprint density at radius 1 is 1.40 bits per heavy atom. The average molecular weight is 137 g/mol. The number of hydrogen-bond acceptors (Lipinski definition) is 1. The molecule has 0 N–H and O–H groups in total. The maximum Gasteiger partial charge on any atom is 0.0493 e. The molecule has 5 radical (unpaired) electrons. The number of methoxy groups -OCH3 is 1. The number of hydrogen-bond donors (Lipinski definition) is 0. The highest BCUT2D eigenvalue weighted by molar-refractivity contribution is 5.14. The molecule has 1 atom stereocenters. The van der Waals surface area contributed by atoms with E-state index in [9.17, 15) is 0 Å². The second-order valence-corrected chi connectivity index (χ2v) is 2.46. The van der Waals surface area contributed by atoms with Gasteiger partial charge >= 0.3 is 0 Å². The van der Waals surface area contributed by atoms with Crippen molar-refractivity contribution in [1.82, 2.24) is 0 Å². The van der Waals surface area contributed by atoms with Crippen LogP contribution in [0.1, 0.15) is 6.42 Å². The van der Waals surface area contributed by atoms with Crippen molar-refractivity contribution in [3.63, 3.8) is 0 Å². The first-order valence-electron chi connectivity index (χ1n) is 3.59. The normalized spacial score (nSPS) is 22.5. The lowest BCUT2D eigenvalue weighted by atomic mass is 10.0. The Morgan fingerprint density at radius 2 is 2.30 bits per heavy atom. The van der Waals surface area contributed by atoms with Gasteiger partial charge in [-0.25, -0.2) is 0 Å². The monoisotopic (exact) mass is 137 g/mol. The summed E-state index contributed by atoms with van der Waals surface area (Å²) in [6.45, 7) is 0.828. The summed E-state index contributed by atoms with van der Waals surface area (Å²) < 4.78 is 5.04. The standard InChI is InChI=1S/C9H13O/c1-10-8-9-6-4-2-3-5-7-9/h2-6,9H,7-8H2,1H3/t9-/m1/s1. The Labute approximate surface area is 63.8 Å². The lowest BCUT2D eigenvalue weighted by molar-refractivity contribution is 0.165. The first kappa shape index (κ1) is 8.06. The van der Waals surface area contributed by atoms with Crippen LogP contribution in [0, 0.1) is 38.0 Å². The van der Waals surface area contributed by atoms with Gasteiger partial charge in [0, 0.05) is 13.7 Å². The molecule has 1 aliphatic rings. The summed E-state index contributed by atoms with van der Waals surface area (Å²) in [6, 6.07) is 0. The van der Waals surface area contributed by atoms with Gasteiger partial charge in [-0.1, -0.05) is 0 Å². The Hall–Kier alpha value is -0.0400. The van der Waals surface area contributed by atoms with Gasteiger partial charge in [-0.3, -0.25) is 0 Å². The van der Waals surface area contributed by atoms with E-state index in [1.165, 1.54) is 0 Å². The zero-order valence-electron chi connectivity index (χ0n) is 6.29. The molecular weight excluding hydrogens is 124 g/mol. The second-order valence-electron chi connectivity index (χ2n) is 2.46. The van der Waals surface area contributed by atoms with Gasteiger partial charge < -0.3 is 4.74 Å². The molecule has 0 unspecified atom stereocenters. The van der Waals surface area contributed by atoms with E-state index in [1.807, 2.05) is 0 Å². The lowest BCUT2D eigenvalue weighted by Crippen LogP contribution is -2.07. The molecule has 55 valence electrons. The van der Waals surface area contributed by atoms with Crippen molar-refractivity contribution in [1.29, 1.82) is 0 Å². The third-order valence-corrected chi connectivity index (χ3v) is 1.56. The van der Waals surface area contributed by atoms with Crippen LogP contribution in [0.4, 0.5) is 0 Å². The summed E-state index contributed by atoms with van der Waals surface area (Å²) in [7, 11) is 1.74. The summed E-state index contributed by atoms with van der Waals surface area (Å²) in [6.07, 6.45) is 11.7. The van der Waals surface area contributed by atoms with Gasteiger partial charge in [0.25, 0.3) is 0 Å². The van der Waals surface area contributed by atoms with Gasteiger partial charge in [0.2, 0.25) is 0 Å². The lowest BCUT2D eigenvalue weighted by Gasteiger charge is -2.10. The summed E-state index contributed by atoms with van der Waals surface area (Å²) >= 11 is 0. The predicted molar refractivity (Wildman–Crippen MR) is 41.5 cm³/mol. The van der Waals surface area contributed by atoms with Crippen LogP contribution >= 0.6 is 0 Å². The minimum atomic E-state index is 0.569. The molecule has 1 rings (SSSR count). The minimum absolute atomic E-state index is 0.569. The minimum Gasteiger partial charge on any atom is -0.384 e. The van der Waals surface area contributed by atoms with Gasteiger partial charge in [-0.2, -0.15) is 0 Å². The van der Waals surface area contributed by atoms with E-state index in [2.05, 4.69) is 32.1 Å². The van der Waals surface area contributed by atoms with Gasteiger partial charge in [-0.15, -0.1) is 0 Å². The smallest absolute Gasteiger partial charge is 0.0493 e. The van der Waals surface area contributed by atoms with Crippen LogP contribution < -0.4 is 0 Å². The molecule has 1 aliphatic carbocycles. The molecule has 1 saturated carbocycles. The largest absolute Gasteiger partial charge is 0.384 e. The topological polar surface area (TPSA) is 9.23 Å². The predicted octanol–water partition coefficient (Wildman–Crippen LogP) is 1.67. The van der Waals surface area contributed by atoms with Gasteiger partial charge in [0.05, 0.1) is 0 Å². The fraction of sp³-hybridized carbons (Fsp3) is 0.444. The molecule has 0 bridgehead atoms. The van der Waals surface area contributed by atoms with Crippen molar-refractivity contribution in [2.24, 2.45) is 5.92 Å². The third-order valence-electron chi connectivity index (χ3n) is 1.56. The summed E-state index contributed by atoms with van der Waals surface area (Å²) in [5.41, 5.74) is 0. The Bertz CT molecular complexity index is 72.8. The molecule has 0 aliphatic heterocycles. The molecule has 1 fully saturated rings. The van der Waals surface area contributed by atoms with Crippen LogP contribution in [0.25, 0.3) is 0 Å². The van der Waals surface area contributed by atoms with Crippen LogP contribution in [-0.4, -0.2) is 13.7 Å². The fourth-order valence-electron chi connectivity index (χ4n) is 1.03. The summed E-state index contributed by atoms with van der Waals surface area (Å²) in [5, 5.41) is 0. The SMILES string of the molecule is COC[C@@H]1[CH][CH][CH][CH][CH]C1. The molecule has 1 nitrogen and oxygen atoms in total. The van der Waals surface area contributed by atoms with Crippen molar-refractivity contribution in [3.8, 4) is 0 Å². The molecule has 0 spiro atoms. The zero-order chi connectivity index (χ0) is 7.23. The maximum atomic E-state index is 5.04. The molecule has 0 saturated heterocycles. The molecule has 0 aromatic rings. The highest BCUT2D eigenvalue weighted by atomic mass is 16.5. The first-order valence-corrected chi connectivity index (χ1v) is 3.59. The fourth-order valence-corrected chi connectivity index (χ4v) is 1.03. The van der Waals surface area contributed by atoms with E-state index in [-0.39, 0.29) is 0 Å². The molecule has 1 heteroatoms. The molecule has 0 aromatic heterocycles. The number of rotatable bonds is 2. The third kappa shape index (κ3) is 2.70. The van der Waals surface area contributed by atoms with E-state index in [0.717, 1.165) is 13.0 Å². The van der Waals surface area contributed by atoms with Crippen LogP contribution in [0.3, 0.4) is 0 Å². The molecule has 0 amide bonds. The molecular formula is C9H13O. The average Bonchev–Trinajstić information content (AvgIpc) is 2.17. The Kier molecular flexibility index (Phi) is 3.81. The van der Waals surface area contributed by atoms with E-state index in [4.69, 9.17) is 4.74 Å². The summed E-state index contributed by atoms with van der Waals surface area (Å²) in [5.74, 6) is 0.569. The maximum absolute atomic E-state index is 5.04. The van der Waals surface area contributed by atoms with E-state index in [0.29, 0.717) is 5.92 Å². The van der Waals surface area contributed by atoms with Gasteiger partial charge in [0.1, 0.15) is 0 Å². The van der Waals surface area contributed by atoms with Gasteiger partial charge in [-0.05, 0) is 44.4 Å². The van der Waals surface area contributed by atoms with E-state index in [1.54, 1.807) is 7.11 Å². The number of ether oxygens (including phenoxy) is 1. The molecule has 10 heavy (non-hydrogen) atoms. The van der Waals surface area contributed by atoms with E-state index < -0.39 is 0 Å². The molecule has 0 aromatic carbocycles. The van der Waals surface area contributed by atoms with Crippen LogP contribution in [-0.2, 0) is 4.74 Å². The summed E-state index contributed by atoms with van der Waals surface area (Å²) in [4.78, 5) is 0. The van der Waals surface area contributed by atoms with Crippen molar-refractivity contribution in [2.75, 3.05) is 13.7 Å². The van der Waals surface area contributed by atoms with Crippen LogP contribution in [0.15, 0.2) is 0 Å². The Morgan fingerprint density at radius 3 is 3.10 bits per heavy atom. The van der Waals surface area contributed by atoms with Crippen molar-refractivity contribution < 1.29 is 4.74 Å². The van der Waals surface area contributed by atoms with Crippen molar-refractivity contribution >= 4 is 0 Å². The van der Waals surface area contributed by atoms with Crippen molar-refractivity contribution in [2.45, 2.75) is 6.42 Å². The first-order chi connectivity index (χ1) is 4.93. The zero-order valence-corrected chi connectivity index (χ0v) is 6.29. The van der Waals surface area contributed by atoms with Crippen LogP contribution in [0.5, 0.6) is 0 Å². The van der Waals surface area contributed by atoms with Crippen LogP contribution in [0.2, 0.25) is 0 Å². The highest BCUT2D eigenvalue weighted by Gasteiger charge is 2.11. The highest BCUT2D eigenvalue weighted by Crippen LogP contribution is 2.18. The van der Waals surface area contributed by atoms with E-state index >= 15 is 0 Å². The Balaban J connectivity index is 2.15. The van der Waals surface area contributed by atoms with Crippen molar-refractivity contribution in [3.05, 3.63) is 32.1 Å².